The van der Waals surface area contributed by atoms with Crippen LogP contribution in [0.15, 0.2) is 42.5 Å². The second kappa shape index (κ2) is 7.27. The van der Waals surface area contributed by atoms with Crippen molar-refractivity contribution in [2.75, 3.05) is 13.2 Å². The molecule has 132 valence electrons. The number of benzene rings is 2. The Labute approximate surface area is 158 Å². The number of hydrogen-bond donors (Lipinski definition) is 0. The molecule has 2 aromatic carbocycles. The summed E-state index contributed by atoms with van der Waals surface area (Å²) < 4.78 is 4.87. The van der Waals surface area contributed by atoms with Crippen LogP contribution in [-0.4, -0.2) is 41.6 Å². The second-order valence-electron chi connectivity index (χ2n) is 5.45. The van der Waals surface area contributed by atoms with Gasteiger partial charge in [0.25, 0.3) is 11.8 Å². The topological polar surface area (TPSA) is 80.8 Å². The molecule has 1 aliphatic heterocycles. The molecule has 8 heteroatoms. The van der Waals surface area contributed by atoms with Crippen LogP contribution >= 0.6 is 23.2 Å². The van der Waals surface area contributed by atoms with Crippen molar-refractivity contribution in [2.24, 2.45) is 0 Å². The Bertz CT molecular complexity index is 906. The van der Waals surface area contributed by atoms with Crippen molar-refractivity contribution >= 4 is 46.8 Å². The Hall–Kier alpha value is -2.70. The highest BCUT2D eigenvalue weighted by Gasteiger charge is 2.36. The number of esters is 1. The summed E-state index contributed by atoms with van der Waals surface area (Å²) in [4.78, 5) is 49.2. The van der Waals surface area contributed by atoms with Crippen molar-refractivity contribution in [3.8, 4) is 0 Å². The van der Waals surface area contributed by atoms with E-state index >= 15 is 0 Å². The quantitative estimate of drug-likeness (QED) is 0.444. The minimum atomic E-state index is -0.877. The molecule has 0 unspecified atom stereocenters. The monoisotopic (exact) mass is 391 g/mol. The van der Waals surface area contributed by atoms with Gasteiger partial charge in [0, 0.05) is 10.6 Å². The van der Waals surface area contributed by atoms with Crippen molar-refractivity contribution in [2.45, 2.75) is 0 Å². The van der Waals surface area contributed by atoms with Crippen LogP contribution in [0.4, 0.5) is 0 Å². The molecule has 0 aliphatic carbocycles. The van der Waals surface area contributed by atoms with Crippen LogP contribution in [0.3, 0.4) is 0 Å². The highest BCUT2D eigenvalue weighted by molar-refractivity contribution is 6.36. The number of amides is 2. The van der Waals surface area contributed by atoms with E-state index in [0.29, 0.717) is 5.02 Å². The minimum absolute atomic E-state index is 0.138. The third-order valence-electron chi connectivity index (χ3n) is 3.76. The molecule has 0 bridgehead atoms. The molecule has 1 aliphatic rings. The predicted octanol–water partition coefficient (Wildman–Crippen LogP) is 3.02. The minimum Gasteiger partial charge on any atom is -0.456 e. The Balaban J connectivity index is 1.61. The fraction of sp³-hybridized carbons (Fsp3) is 0.111. The molecule has 26 heavy (non-hydrogen) atoms. The molecule has 0 radical (unpaired) electrons. The van der Waals surface area contributed by atoms with Crippen molar-refractivity contribution < 1.29 is 23.9 Å². The normalized spacial score (nSPS) is 12.9. The van der Waals surface area contributed by atoms with Gasteiger partial charge in [0.1, 0.15) is 6.54 Å². The van der Waals surface area contributed by atoms with Gasteiger partial charge in [-0.25, -0.2) is 0 Å². The third-order valence-corrected chi connectivity index (χ3v) is 4.31. The molecule has 1 heterocycles. The molecule has 2 aromatic rings. The Kier molecular flexibility index (Phi) is 5.06. The first-order valence-corrected chi connectivity index (χ1v) is 8.23. The highest BCUT2D eigenvalue weighted by Crippen LogP contribution is 2.23. The molecule has 0 N–H and O–H groups in total. The lowest BCUT2D eigenvalue weighted by molar-refractivity contribution is -0.142. The lowest BCUT2D eigenvalue weighted by Gasteiger charge is -2.13. The average molecular weight is 392 g/mol. The molecule has 0 saturated heterocycles. The first kappa shape index (κ1) is 18.1. The van der Waals surface area contributed by atoms with E-state index in [9.17, 15) is 19.2 Å². The molecule has 6 nitrogen and oxygen atoms in total. The van der Waals surface area contributed by atoms with Crippen LogP contribution in [0.5, 0.6) is 0 Å². The Morgan fingerprint density at radius 1 is 0.962 bits per heavy atom. The van der Waals surface area contributed by atoms with Gasteiger partial charge in [-0.1, -0.05) is 35.3 Å². The summed E-state index contributed by atoms with van der Waals surface area (Å²) >= 11 is 11.7. The van der Waals surface area contributed by atoms with Crippen molar-refractivity contribution in [1.29, 1.82) is 0 Å². The Morgan fingerprint density at radius 2 is 1.58 bits per heavy atom. The van der Waals surface area contributed by atoms with Crippen LogP contribution in [0.2, 0.25) is 10.0 Å². The maximum absolute atomic E-state index is 12.2. The standard InChI is InChI=1S/C18H11Cl2NO5/c19-10-5-6-13(14(20)7-10)15(22)9-26-16(23)8-21-17(24)11-3-1-2-4-12(11)18(21)25/h1-7H,8-9H2. The van der Waals surface area contributed by atoms with Gasteiger partial charge in [0.2, 0.25) is 5.78 Å². The maximum Gasteiger partial charge on any atom is 0.326 e. The van der Waals surface area contributed by atoms with Crippen LogP contribution in [0.25, 0.3) is 0 Å². The number of rotatable bonds is 5. The molecule has 3 rings (SSSR count). The van der Waals surface area contributed by atoms with Crippen LogP contribution in [0, 0.1) is 0 Å². The number of carbonyl (C=O) groups excluding carboxylic acids is 4. The second-order valence-corrected chi connectivity index (χ2v) is 6.29. The molecular formula is C18H11Cl2NO5. The van der Waals surface area contributed by atoms with Gasteiger partial charge in [-0.05, 0) is 30.3 Å². The van der Waals surface area contributed by atoms with Gasteiger partial charge in [-0.2, -0.15) is 0 Å². The number of ether oxygens (including phenoxy) is 1. The van der Waals surface area contributed by atoms with Crippen LogP contribution in [-0.2, 0) is 9.53 Å². The lowest BCUT2D eigenvalue weighted by atomic mass is 10.1. The fourth-order valence-electron chi connectivity index (χ4n) is 2.50. The first-order chi connectivity index (χ1) is 12.4. The Morgan fingerprint density at radius 3 is 2.15 bits per heavy atom. The smallest absolute Gasteiger partial charge is 0.326 e. The zero-order chi connectivity index (χ0) is 18.8. The number of Topliss-reactive ketones (excluding diaryl/α,β-unsaturated/α-hetero) is 1. The van der Waals surface area contributed by atoms with E-state index in [1.165, 1.54) is 30.3 Å². The van der Waals surface area contributed by atoms with Gasteiger partial charge in [0.15, 0.2) is 6.61 Å². The summed E-state index contributed by atoms with van der Waals surface area (Å²) in [5.41, 5.74) is 0.619. The number of ketones is 1. The van der Waals surface area contributed by atoms with E-state index in [-0.39, 0.29) is 21.7 Å². The van der Waals surface area contributed by atoms with E-state index < -0.39 is 36.7 Å². The largest absolute Gasteiger partial charge is 0.456 e. The first-order valence-electron chi connectivity index (χ1n) is 7.47. The molecule has 0 atom stereocenters. The summed E-state index contributed by atoms with van der Waals surface area (Å²) in [6.07, 6.45) is 0. The third kappa shape index (κ3) is 3.47. The van der Waals surface area contributed by atoms with E-state index in [1.54, 1.807) is 12.1 Å². The summed E-state index contributed by atoms with van der Waals surface area (Å²) in [6, 6.07) is 10.6. The number of fused-ring (bicyclic) bond motifs is 1. The fourth-order valence-corrected chi connectivity index (χ4v) is 3.01. The number of imide groups is 1. The zero-order valence-electron chi connectivity index (χ0n) is 13.2. The summed E-state index contributed by atoms with van der Waals surface area (Å²) in [5.74, 6) is -2.55. The van der Waals surface area contributed by atoms with Gasteiger partial charge >= 0.3 is 5.97 Å². The SMILES string of the molecule is O=C(CN1C(=O)c2ccccc2C1=O)OCC(=O)c1ccc(Cl)cc1Cl. The lowest BCUT2D eigenvalue weighted by Crippen LogP contribution is -2.36. The number of halogens is 2. The van der Waals surface area contributed by atoms with Gasteiger partial charge in [0.05, 0.1) is 16.1 Å². The summed E-state index contributed by atoms with van der Waals surface area (Å²) in [5, 5.41) is 0.507. The molecule has 0 spiro atoms. The van der Waals surface area contributed by atoms with E-state index in [0.717, 1.165) is 4.90 Å². The maximum atomic E-state index is 12.2. The molecule has 2 amide bonds. The van der Waals surface area contributed by atoms with Gasteiger partial charge in [-0.15, -0.1) is 0 Å². The number of hydrogen-bond acceptors (Lipinski definition) is 5. The predicted molar refractivity (Wildman–Crippen MR) is 93.6 cm³/mol. The van der Waals surface area contributed by atoms with E-state index in [4.69, 9.17) is 27.9 Å². The van der Waals surface area contributed by atoms with Gasteiger partial charge < -0.3 is 4.74 Å². The molecule has 0 fully saturated rings. The number of nitrogens with zero attached hydrogens (tertiary/aromatic N) is 1. The van der Waals surface area contributed by atoms with Crippen molar-refractivity contribution in [3.05, 3.63) is 69.2 Å². The van der Waals surface area contributed by atoms with Crippen LogP contribution in [0.1, 0.15) is 31.1 Å². The highest BCUT2D eigenvalue weighted by atomic mass is 35.5. The summed E-state index contributed by atoms with van der Waals surface area (Å²) in [7, 11) is 0. The number of carbonyl (C=O) groups is 4. The summed E-state index contributed by atoms with van der Waals surface area (Å²) in [6.45, 7) is -1.14. The molecular weight excluding hydrogens is 381 g/mol. The average Bonchev–Trinajstić information content (AvgIpc) is 2.85. The molecule has 0 aromatic heterocycles. The van der Waals surface area contributed by atoms with Crippen molar-refractivity contribution in [1.82, 2.24) is 4.90 Å². The zero-order valence-corrected chi connectivity index (χ0v) is 14.7. The molecule has 0 saturated carbocycles. The van der Waals surface area contributed by atoms with Crippen LogP contribution < -0.4 is 0 Å². The van der Waals surface area contributed by atoms with E-state index in [2.05, 4.69) is 0 Å². The van der Waals surface area contributed by atoms with Gasteiger partial charge in [-0.3, -0.25) is 24.1 Å². The van der Waals surface area contributed by atoms with E-state index in [1.807, 2.05) is 0 Å². The van der Waals surface area contributed by atoms with Crippen molar-refractivity contribution in [3.63, 3.8) is 0 Å².